The summed E-state index contributed by atoms with van der Waals surface area (Å²) in [5.74, 6) is 1.59. The molecule has 1 saturated carbocycles. The molecule has 1 aliphatic carbocycles. The minimum Gasteiger partial charge on any atom is -0.338 e. The summed E-state index contributed by atoms with van der Waals surface area (Å²) in [5, 5.41) is 7.53. The third kappa shape index (κ3) is 2.90. The van der Waals surface area contributed by atoms with Gasteiger partial charge in [0.1, 0.15) is 0 Å². The minimum absolute atomic E-state index is 0.652. The molecule has 1 aliphatic heterocycles. The van der Waals surface area contributed by atoms with Gasteiger partial charge in [0.25, 0.3) is 0 Å². The first-order chi connectivity index (χ1) is 8.85. The quantitative estimate of drug-likeness (QED) is 0.826. The monoisotopic (exact) mass is 250 g/mol. The molecule has 1 unspecified atom stereocenters. The standard InChI is InChI=1S/C13H22N4O/c1-2-12-15-13(18-16-12)9-17(11-5-6-11)8-10-4-3-7-14-10/h10-11,14H,2-9H2,1H3. The van der Waals surface area contributed by atoms with Gasteiger partial charge in [0.15, 0.2) is 5.82 Å². The Morgan fingerprint density at radius 3 is 2.89 bits per heavy atom. The maximum Gasteiger partial charge on any atom is 0.240 e. The van der Waals surface area contributed by atoms with E-state index in [-0.39, 0.29) is 0 Å². The van der Waals surface area contributed by atoms with Gasteiger partial charge in [-0.15, -0.1) is 0 Å². The number of aryl methyl sites for hydroxylation is 1. The predicted octanol–water partition coefficient (Wildman–Crippen LogP) is 1.35. The van der Waals surface area contributed by atoms with Crippen LogP contribution in [0.2, 0.25) is 0 Å². The Labute approximate surface area is 108 Å². The minimum atomic E-state index is 0.652. The summed E-state index contributed by atoms with van der Waals surface area (Å²) in [6.07, 6.45) is 6.09. The van der Waals surface area contributed by atoms with Crippen LogP contribution in [-0.4, -0.2) is 40.2 Å². The number of nitrogens with zero attached hydrogens (tertiary/aromatic N) is 3. The van der Waals surface area contributed by atoms with Gasteiger partial charge in [0.2, 0.25) is 5.89 Å². The molecule has 5 heteroatoms. The number of hydrogen-bond donors (Lipinski definition) is 1. The molecule has 18 heavy (non-hydrogen) atoms. The van der Waals surface area contributed by atoms with Crippen molar-refractivity contribution in [1.29, 1.82) is 0 Å². The van der Waals surface area contributed by atoms with Crippen LogP contribution in [0.3, 0.4) is 0 Å². The first kappa shape index (κ1) is 12.1. The largest absolute Gasteiger partial charge is 0.338 e. The van der Waals surface area contributed by atoms with Crippen molar-refractivity contribution in [2.75, 3.05) is 13.1 Å². The lowest BCUT2D eigenvalue weighted by Crippen LogP contribution is -2.38. The van der Waals surface area contributed by atoms with E-state index in [1.807, 2.05) is 0 Å². The fourth-order valence-corrected chi connectivity index (χ4v) is 2.65. The van der Waals surface area contributed by atoms with Crippen molar-refractivity contribution < 1.29 is 4.52 Å². The molecule has 0 aromatic carbocycles. The van der Waals surface area contributed by atoms with Gasteiger partial charge in [0, 0.05) is 25.0 Å². The Morgan fingerprint density at radius 1 is 1.39 bits per heavy atom. The van der Waals surface area contributed by atoms with E-state index < -0.39 is 0 Å². The lowest BCUT2D eigenvalue weighted by atomic mass is 10.2. The van der Waals surface area contributed by atoms with Gasteiger partial charge in [-0.25, -0.2) is 0 Å². The highest BCUT2D eigenvalue weighted by Gasteiger charge is 2.32. The molecule has 1 aromatic rings. The zero-order chi connectivity index (χ0) is 12.4. The van der Waals surface area contributed by atoms with Crippen molar-refractivity contribution >= 4 is 0 Å². The Balaban J connectivity index is 1.59. The molecule has 1 aromatic heterocycles. The van der Waals surface area contributed by atoms with Crippen LogP contribution in [-0.2, 0) is 13.0 Å². The number of hydrogen-bond acceptors (Lipinski definition) is 5. The molecule has 0 spiro atoms. The van der Waals surface area contributed by atoms with Crippen LogP contribution in [0.4, 0.5) is 0 Å². The molecule has 2 fully saturated rings. The van der Waals surface area contributed by atoms with Crippen LogP contribution in [0.1, 0.15) is 44.3 Å². The summed E-state index contributed by atoms with van der Waals surface area (Å²) in [5.41, 5.74) is 0. The second-order valence-electron chi connectivity index (χ2n) is 5.41. The van der Waals surface area contributed by atoms with E-state index in [0.29, 0.717) is 6.04 Å². The molecule has 1 N–H and O–H groups in total. The zero-order valence-corrected chi connectivity index (χ0v) is 11.1. The van der Waals surface area contributed by atoms with Crippen molar-refractivity contribution in [1.82, 2.24) is 20.4 Å². The van der Waals surface area contributed by atoms with Crippen LogP contribution in [0.5, 0.6) is 0 Å². The first-order valence-electron chi connectivity index (χ1n) is 7.14. The average molecular weight is 250 g/mol. The Kier molecular flexibility index (Phi) is 3.61. The van der Waals surface area contributed by atoms with Crippen LogP contribution < -0.4 is 5.32 Å². The van der Waals surface area contributed by atoms with Crippen molar-refractivity contribution in [2.24, 2.45) is 0 Å². The van der Waals surface area contributed by atoms with Crippen molar-refractivity contribution in [2.45, 2.75) is 57.7 Å². The normalized spacial score (nSPS) is 24.0. The second kappa shape index (κ2) is 5.36. The fourth-order valence-electron chi connectivity index (χ4n) is 2.65. The number of aromatic nitrogens is 2. The van der Waals surface area contributed by atoms with E-state index in [1.54, 1.807) is 0 Å². The molecular weight excluding hydrogens is 228 g/mol. The molecule has 0 bridgehead atoms. The fraction of sp³-hybridized carbons (Fsp3) is 0.846. The first-order valence-corrected chi connectivity index (χ1v) is 7.14. The molecule has 100 valence electrons. The molecule has 1 atom stereocenters. The molecule has 1 saturated heterocycles. The summed E-state index contributed by atoms with van der Waals surface area (Å²) >= 11 is 0. The maximum atomic E-state index is 5.31. The van der Waals surface area contributed by atoms with Crippen LogP contribution in [0.15, 0.2) is 4.52 Å². The molecule has 0 amide bonds. The van der Waals surface area contributed by atoms with Gasteiger partial charge >= 0.3 is 0 Å². The van der Waals surface area contributed by atoms with Crippen molar-refractivity contribution in [3.05, 3.63) is 11.7 Å². The Hall–Kier alpha value is -0.940. The third-order valence-corrected chi connectivity index (χ3v) is 3.85. The van der Waals surface area contributed by atoms with E-state index in [4.69, 9.17) is 4.52 Å². The number of rotatable bonds is 6. The third-order valence-electron chi connectivity index (χ3n) is 3.85. The molecule has 3 rings (SSSR count). The highest BCUT2D eigenvalue weighted by molar-refractivity contribution is 4.92. The second-order valence-corrected chi connectivity index (χ2v) is 5.41. The van der Waals surface area contributed by atoms with E-state index >= 15 is 0 Å². The van der Waals surface area contributed by atoms with E-state index in [0.717, 1.165) is 37.3 Å². The van der Waals surface area contributed by atoms with Crippen molar-refractivity contribution in [3.63, 3.8) is 0 Å². The molecule has 2 aliphatic rings. The van der Waals surface area contributed by atoms with Gasteiger partial charge < -0.3 is 9.84 Å². The summed E-state index contributed by atoms with van der Waals surface area (Å²) in [4.78, 5) is 6.92. The summed E-state index contributed by atoms with van der Waals surface area (Å²) in [6.45, 7) is 5.16. The summed E-state index contributed by atoms with van der Waals surface area (Å²) in [7, 11) is 0. The topological polar surface area (TPSA) is 54.2 Å². The van der Waals surface area contributed by atoms with Gasteiger partial charge in [-0.2, -0.15) is 4.98 Å². The van der Waals surface area contributed by atoms with E-state index in [2.05, 4.69) is 27.3 Å². The van der Waals surface area contributed by atoms with Gasteiger partial charge in [-0.3, -0.25) is 4.90 Å². The average Bonchev–Trinajstić information content (AvgIpc) is 2.92. The smallest absolute Gasteiger partial charge is 0.240 e. The predicted molar refractivity (Wildman–Crippen MR) is 68.1 cm³/mol. The SMILES string of the molecule is CCc1noc(CN(CC2CCCN2)C2CC2)n1. The molecule has 5 nitrogen and oxygen atoms in total. The summed E-state index contributed by atoms with van der Waals surface area (Å²) < 4.78 is 5.31. The molecule has 2 heterocycles. The van der Waals surface area contributed by atoms with Crippen LogP contribution in [0.25, 0.3) is 0 Å². The Morgan fingerprint density at radius 2 is 2.28 bits per heavy atom. The van der Waals surface area contributed by atoms with Crippen molar-refractivity contribution in [3.8, 4) is 0 Å². The lowest BCUT2D eigenvalue weighted by Gasteiger charge is -2.23. The lowest BCUT2D eigenvalue weighted by molar-refractivity contribution is 0.200. The summed E-state index contributed by atoms with van der Waals surface area (Å²) in [6, 6.07) is 1.39. The highest BCUT2D eigenvalue weighted by Crippen LogP contribution is 2.28. The van der Waals surface area contributed by atoms with E-state index in [9.17, 15) is 0 Å². The van der Waals surface area contributed by atoms with Gasteiger partial charge in [0.05, 0.1) is 6.54 Å². The zero-order valence-electron chi connectivity index (χ0n) is 11.1. The molecular formula is C13H22N4O. The van der Waals surface area contributed by atoms with Gasteiger partial charge in [-0.1, -0.05) is 12.1 Å². The Bertz CT molecular complexity index is 382. The van der Waals surface area contributed by atoms with E-state index in [1.165, 1.54) is 32.2 Å². The highest BCUT2D eigenvalue weighted by atomic mass is 16.5. The maximum absolute atomic E-state index is 5.31. The number of nitrogens with one attached hydrogen (secondary N) is 1. The van der Waals surface area contributed by atoms with Gasteiger partial charge in [-0.05, 0) is 32.2 Å². The van der Waals surface area contributed by atoms with Crippen LogP contribution >= 0.6 is 0 Å². The van der Waals surface area contributed by atoms with Crippen LogP contribution in [0, 0.1) is 0 Å². The molecule has 0 radical (unpaired) electrons.